The number of pyridine rings is 1. The zero-order valence-corrected chi connectivity index (χ0v) is 17.7. The topological polar surface area (TPSA) is 75.8 Å². The summed E-state index contributed by atoms with van der Waals surface area (Å²) in [6, 6.07) is 5.94. The van der Waals surface area contributed by atoms with E-state index >= 15 is 0 Å². The lowest BCUT2D eigenvalue weighted by atomic mass is 10.3. The Bertz CT molecular complexity index is 685. The van der Waals surface area contributed by atoms with Crippen molar-refractivity contribution in [3.8, 4) is 0 Å². The van der Waals surface area contributed by atoms with Gasteiger partial charge in [-0.2, -0.15) is 0 Å². The smallest absolute Gasteiger partial charge is 0.190 e. The summed E-state index contributed by atoms with van der Waals surface area (Å²) in [5, 5.41) is 15.1. The van der Waals surface area contributed by atoms with Crippen LogP contribution in [0.1, 0.15) is 31.5 Å². The van der Waals surface area contributed by atoms with Gasteiger partial charge in [-0.15, -0.1) is 34.2 Å². The molecule has 26 heavy (non-hydrogen) atoms. The summed E-state index contributed by atoms with van der Waals surface area (Å²) in [6.07, 6.45) is 7.55. The van der Waals surface area contributed by atoms with Gasteiger partial charge in [-0.3, -0.25) is 9.39 Å². The Balaban J connectivity index is 0.00000243. The minimum atomic E-state index is 0. The van der Waals surface area contributed by atoms with E-state index < -0.39 is 0 Å². The van der Waals surface area contributed by atoms with E-state index in [0.29, 0.717) is 0 Å². The fraction of sp³-hybridized carbons (Fsp3) is 0.611. The molecule has 0 aromatic carbocycles. The first kappa shape index (κ1) is 20.9. The maximum absolute atomic E-state index is 5.63. The molecule has 3 rings (SSSR count). The van der Waals surface area contributed by atoms with Crippen molar-refractivity contribution in [2.75, 3.05) is 33.4 Å². The summed E-state index contributed by atoms with van der Waals surface area (Å²) < 4.78 is 7.67. The van der Waals surface area contributed by atoms with E-state index in [0.717, 1.165) is 68.9 Å². The first-order valence-electron chi connectivity index (χ1n) is 9.17. The summed E-state index contributed by atoms with van der Waals surface area (Å²) in [5.41, 5.74) is 0.895. The quantitative estimate of drug-likeness (QED) is 0.240. The molecule has 7 nitrogen and oxygen atoms in total. The predicted molar refractivity (Wildman–Crippen MR) is 114 cm³/mol. The van der Waals surface area contributed by atoms with Crippen molar-refractivity contribution >= 4 is 35.6 Å². The molecule has 0 amide bonds. The molecular formula is C18H29IN6O. The normalized spacial score (nSPS) is 14.3. The van der Waals surface area contributed by atoms with Gasteiger partial charge in [-0.05, 0) is 43.7 Å². The van der Waals surface area contributed by atoms with E-state index in [2.05, 4.69) is 25.8 Å². The molecule has 1 saturated carbocycles. The molecule has 144 valence electrons. The highest BCUT2D eigenvalue weighted by Crippen LogP contribution is 2.28. The number of rotatable bonds is 10. The molecule has 0 bridgehead atoms. The molecule has 0 saturated heterocycles. The summed E-state index contributed by atoms with van der Waals surface area (Å²) in [5.74, 6) is 2.67. The molecule has 2 aromatic heterocycles. The second-order valence-corrected chi connectivity index (χ2v) is 6.45. The Kier molecular flexibility index (Phi) is 9.10. The minimum absolute atomic E-state index is 0. The van der Waals surface area contributed by atoms with Crippen molar-refractivity contribution in [2.45, 2.75) is 32.1 Å². The number of aryl methyl sites for hydroxylation is 1. The molecule has 0 spiro atoms. The summed E-state index contributed by atoms with van der Waals surface area (Å²) >= 11 is 0. The van der Waals surface area contributed by atoms with Crippen molar-refractivity contribution in [1.82, 2.24) is 25.2 Å². The van der Waals surface area contributed by atoms with Crippen molar-refractivity contribution < 1.29 is 4.74 Å². The molecule has 2 aromatic rings. The molecule has 0 unspecified atom stereocenters. The number of halogens is 1. The van der Waals surface area contributed by atoms with Gasteiger partial charge in [-0.1, -0.05) is 6.07 Å². The number of nitrogens with zero attached hydrogens (tertiary/aromatic N) is 4. The van der Waals surface area contributed by atoms with E-state index in [4.69, 9.17) is 4.74 Å². The number of fused-ring (bicyclic) bond motifs is 1. The van der Waals surface area contributed by atoms with Crippen LogP contribution in [0.2, 0.25) is 0 Å². The van der Waals surface area contributed by atoms with Crippen LogP contribution in [0.5, 0.6) is 0 Å². The van der Waals surface area contributed by atoms with Gasteiger partial charge in [-0.25, -0.2) is 0 Å². The van der Waals surface area contributed by atoms with Crippen molar-refractivity contribution in [1.29, 1.82) is 0 Å². The largest absolute Gasteiger partial charge is 0.381 e. The standard InChI is InChI=1S/C18H28N6O.HI/c1-19-18(21-11-5-13-25-14-15-8-9-15)20-10-4-7-17-23-22-16-6-2-3-12-24(16)17;/h2-3,6,12,15H,4-5,7-11,13-14H2,1H3,(H2,19,20,21);1H. The number of aliphatic imine (C=N–C) groups is 1. The van der Waals surface area contributed by atoms with Gasteiger partial charge in [0.1, 0.15) is 5.82 Å². The van der Waals surface area contributed by atoms with Crippen LogP contribution in [0, 0.1) is 5.92 Å². The molecule has 2 heterocycles. The molecule has 8 heteroatoms. The first-order chi connectivity index (χ1) is 12.4. The SMILES string of the molecule is CN=C(NCCCOCC1CC1)NCCCc1nnc2ccccn12.I. The third-order valence-corrected chi connectivity index (χ3v) is 4.29. The second kappa shape index (κ2) is 11.3. The van der Waals surface area contributed by atoms with E-state index in [1.165, 1.54) is 12.8 Å². The van der Waals surface area contributed by atoms with E-state index in [1.807, 2.05) is 28.8 Å². The molecule has 0 aliphatic heterocycles. The first-order valence-corrected chi connectivity index (χ1v) is 9.17. The van der Waals surface area contributed by atoms with Crippen LogP contribution in [0.4, 0.5) is 0 Å². The molecule has 1 aliphatic rings. The van der Waals surface area contributed by atoms with Gasteiger partial charge in [0.25, 0.3) is 0 Å². The number of guanidine groups is 1. The van der Waals surface area contributed by atoms with Gasteiger partial charge in [0.15, 0.2) is 11.6 Å². The Hall–Kier alpha value is -1.42. The predicted octanol–water partition coefficient (Wildman–Crippen LogP) is 2.26. The fourth-order valence-corrected chi connectivity index (χ4v) is 2.65. The lowest BCUT2D eigenvalue weighted by Gasteiger charge is -2.11. The highest BCUT2D eigenvalue weighted by molar-refractivity contribution is 14.0. The molecule has 1 aliphatic carbocycles. The summed E-state index contributed by atoms with van der Waals surface area (Å²) in [6.45, 7) is 3.48. The van der Waals surface area contributed by atoms with Crippen LogP contribution in [-0.2, 0) is 11.2 Å². The Morgan fingerprint density at radius 3 is 2.81 bits per heavy atom. The number of hydrogen-bond donors (Lipinski definition) is 2. The second-order valence-electron chi connectivity index (χ2n) is 6.45. The maximum Gasteiger partial charge on any atom is 0.190 e. The van der Waals surface area contributed by atoms with Gasteiger partial charge in [0.05, 0.1) is 0 Å². The monoisotopic (exact) mass is 472 g/mol. The number of aromatic nitrogens is 3. The third-order valence-electron chi connectivity index (χ3n) is 4.29. The molecular weight excluding hydrogens is 443 g/mol. The van der Waals surface area contributed by atoms with Crippen LogP contribution in [0.25, 0.3) is 5.65 Å². The van der Waals surface area contributed by atoms with Gasteiger partial charge >= 0.3 is 0 Å². The Morgan fingerprint density at radius 2 is 2.04 bits per heavy atom. The molecule has 0 radical (unpaired) electrons. The van der Waals surface area contributed by atoms with E-state index in [9.17, 15) is 0 Å². The van der Waals surface area contributed by atoms with Gasteiger partial charge in [0, 0.05) is 46.0 Å². The van der Waals surface area contributed by atoms with Crippen LogP contribution >= 0.6 is 24.0 Å². The lowest BCUT2D eigenvalue weighted by Crippen LogP contribution is -2.38. The van der Waals surface area contributed by atoms with E-state index in [1.54, 1.807) is 7.05 Å². The van der Waals surface area contributed by atoms with Crippen LogP contribution < -0.4 is 10.6 Å². The van der Waals surface area contributed by atoms with Crippen molar-refractivity contribution in [3.05, 3.63) is 30.2 Å². The zero-order valence-electron chi connectivity index (χ0n) is 15.4. The maximum atomic E-state index is 5.63. The van der Waals surface area contributed by atoms with Crippen LogP contribution in [0.15, 0.2) is 29.4 Å². The molecule has 1 fully saturated rings. The summed E-state index contributed by atoms with van der Waals surface area (Å²) in [7, 11) is 1.80. The Morgan fingerprint density at radius 1 is 1.23 bits per heavy atom. The van der Waals surface area contributed by atoms with Gasteiger partial charge < -0.3 is 15.4 Å². The highest BCUT2D eigenvalue weighted by atomic mass is 127. The molecule has 2 N–H and O–H groups in total. The number of nitrogens with one attached hydrogen (secondary N) is 2. The lowest BCUT2D eigenvalue weighted by molar-refractivity contribution is 0.123. The Labute approximate surface area is 172 Å². The highest BCUT2D eigenvalue weighted by Gasteiger charge is 2.20. The fourth-order valence-electron chi connectivity index (χ4n) is 2.65. The summed E-state index contributed by atoms with van der Waals surface area (Å²) in [4.78, 5) is 4.25. The van der Waals surface area contributed by atoms with Gasteiger partial charge in [0.2, 0.25) is 0 Å². The third kappa shape index (κ3) is 6.71. The number of ether oxygens (including phenoxy) is 1. The average Bonchev–Trinajstić information content (AvgIpc) is 3.38. The van der Waals surface area contributed by atoms with Crippen molar-refractivity contribution in [3.63, 3.8) is 0 Å². The average molecular weight is 472 g/mol. The number of hydrogen-bond acceptors (Lipinski definition) is 4. The minimum Gasteiger partial charge on any atom is -0.381 e. The van der Waals surface area contributed by atoms with Crippen molar-refractivity contribution in [2.24, 2.45) is 10.9 Å². The van der Waals surface area contributed by atoms with E-state index in [-0.39, 0.29) is 24.0 Å². The van der Waals surface area contributed by atoms with Crippen LogP contribution in [-0.4, -0.2) is 53.9 Å². The van der Waals surface area contributed by atoms with Crippen LogP contribution in [0.3, 0.4) is 0 Å². The molecule has 0 atom stereocenters. The zero-order chi connectivity index (χ0) is 17.3.